The summed E-state index contributed by atoms with van der Waals surface area (Å²) in [5, 5.41) is 9.41. The van der Waals surface area contributed by atoms with Gasteiger partial charge in [0.25, 0.3) is 0 Å². The van der Waals surface area contributed by atoms with Crippen LogP contribution in [0.2, 0.25) is 0 Å². The van der Waals surface area contributed by atoms with Crippen LogP contribution < -0.4 is 0 Å². The van der Waals surface area contributed by atoms with Crippen molar-refractivity contribution >= 4 is 0 Å². The first-order valence-corrected chi connectivity index (χ1v) is 6.69. The minimum Gasteiger partial charge on any atom is -0.394 e. The van der Waals surface area contributed by atoms with Gasteiger partial charge in [-0.25, -0.2) is 0 Å². The highest BCUT2D eigenvalue weighted by molar-refractivity contribution is 5.03. The molecule has 5 nitrogen and oxygen atoms in total. The molecule has 0 radical (unpaired) electrons. The zero-order valence-corrected chi connectivity index (χ0v) is 11.9. The molecular formula is C14H24O5. The van der Waals surface area contributed by atoms with Crippen molar-refractivity contribution in [2.75, 3.05) is 20.5 Å². The van der Waals surface area contributed by atoms with Crippen molar-refractivity contribution in [3.8, 4) is 0 Å². The zero-order chi connectivity index (χ0) is 14.0. The summed E-state index contributed by atoms with van der Waals surface area (Å²) >= 11 is 0. The Morgan fingerprint density at radius 3 is 2.68 bits per heavy atom. The van der Waals surface area contributed by atoms with E-state index in [0.717, 1.165) is 6.42 Å². The lowest BCUT2D eigenvalue weighted by molar-refractivity contribution is -0.328. The van der Waals surface area contributed by atoms with E-state index in [1.807, 2.05) is 6.08 Å². The average molecular weight is 272 g/mol. The summed E-state index contributed by atoms with van der Waals surface area (Å²) in [6, 6.07) is 0. The minimum absolute atomic E-state index is 0.0319. The smallest absolute Gasteiger partial charge is 0.147 e. The zero-order valence-electron chi connectivity index (χ0n) is 11.9. The summed E-state index contributed by atoms with van der Waals surface area (Å²) in [4.78, 5) is 0. The summed E-state index contributed by atoms with van der Waals surface area (Å²) in [5.41, 5.74) is -0.193. The van der Waals surface area contributed by atoms with Crippen molar-refractivity contribution in [2.24, 2.45) is 5.41 Å². The molecule has 110 valence electrons. The van der Waals surface area contributed by atoms with Gasteiger partial charge in [0.1, 0.15) is 25.1 Å². The van der Waals surface area contributed by atoms with Crippen LogP contribution >= 0.6 is 0 Å². The largest absolute Gasteiger partial charge is 0.394 e. The monoisotopic (exact) mass is 272 g/mol. The normalized spacial score (nSPS) is 41.6. The molecule has 2 rings (SSSR count). The molecule has 0 aromatic rings. The van der Waals surface area contributed by atoms with Crippen molar-refractivity contribution in [1.82, 2.24) is 0 Å². The maximum atomic E-state index is 9.41. The summed E-state index contributed by atoms with van der Waals surface area (Å²) in [5.74, 6) is 0. The molecule has 2 saturated heterocycles. The van der Waals surface area contributed by atoms with E-state index in [1.165, 1.54) is 0 Å². The van der Waals surface area contributed by atoms with E-state index in [-0.39, 0.29) is 49.3 Å². The van der Waals surface area contributed by atoms with Crippen LogP contribution in [0.5, 0.6) is 0 Å². The molecule has 0 aromatic heterocycles. The molecule has 0 bridgehead atoms. The molecule has 0 unspecified atom stereocenters. The maximum absolute atomic E-state index is 9.41. The van der Waals surface area contributed by atoms with Crippen LogP contribution in [0.3, 0.4) is 0 Å². The molecule has 0 aromatic carbocycles. The molecule has 0 amide bonds. The summed E-state index contributed by atoms with van der Waals surface area (Å²) in [7, 11) is 1.69. The Morgan fingerprint density at radius 1 is 1.37 bits per heavy atom. The van der Waals surface area contributed by atoms with Crippen molar-refractivity contribution in [3.05, 3.63) is 12.7 Å². The van der Waals surface area contributed by atoms with E-state index in [0.29, 0.717) is 0 Å². The molecule has 2 heterocycles. The second-order valence-corrected chi connectivity index (χ2v) is 5.73. The number of aliphatic hydroxyl groups is 1. The number of aliphatic hydroxyl groups excluding tert-OH is 1. The topological polar surface area (TPSA) is 57.2 Å². The molecule has 1 N–H and O–H groups in total. The van der Waals surface area contributed by atoms with Crippen molar-refractivity contribution in [1.29, 1.82) is 0 Å². The number of fused-ring (bicyclic) bond motifs is 1. The van der Waals surface area contributed by atoms with Crippen LogP contribution in [-0.2, 0) is 18.9 Å². The first kappa shape index (κ1) is 14.9. The van der Waals surface area contributed by atoms with E-state index < -0.39 is 0 Å². The van der Waals surface area contributed by atoms with E-state index in [4.69, 9.17) is 18.9 Å². The number of hydrogen-bond acceptors (Lipinski definition) is 5. The Kier molecular flexibility index (Phi) is 4.63. The second kappa shape index (κ2) is 5.89. The second-order valence-electron chi connectivity index (χ2n) is 5.73. The van der Waals surface area contributed by atoms with Crippen LogP contribution in [-0.4, -0.2) is 56.1 Å². The number of rotatable bonds is 4. The summed E-state index contributed by atoms with van der Waals surface area (Å²) < 4.78 is 22.9. The maximum Gasteiger partial charge on any atom is 0.147 e. The fourth-order valence-electron chi connectivity index (χ4n) is 3.11. The lowest BCUT2D eigenvalue weighted by Crippen LogP contribution is -2.65. The van der Waals surface area contributed by atoms with Gasteiger partial charge in [0, 0.05) is 12.5 Å². The van der Waals surface area contributed by atoms with Crippen molar-refractivity contribution in [2.45, 2.75) is 50.8 Å². The van der Waals surface area contributed by atoms with Crippen molar-refractivity contribution in [3.63, 3.8) is 0 Å². The van der Waals surface area contributed by atoms with E-state index in [9.17, 15) is 5.11 Å². The molecule has 5 atom stereocenters. The Balaban J connectivity index is 2.26. The van der Waals surface area contributed by atoms with Gasteiger partial charge in [0.05, 0.1) is 18.8 Å². The number of ether oxygens (including phenoxy) is 4. The molecule has 19 heavy (non-hydrogen) atoms. The fraction of sp³-hybridized carbons (Fsp3) is 0.857. The van der Waals surface area contributed by atoms with E-state index in [1.54, 1.807) is 7.11 Å². The molecule has 0 spiro atoms. The highest BCUT2D eigenvalue weighted by atomic mass is 16.7. The lowest BCUT2D eigenvalue weighted by atomic mass is 9.72. The fourth-order valence-corrected chi connectivity index (χ4v) is 3.11. The molecule has 2 fully saturated rings. The van der Waals surface area contributed by atoms with Gasteiger partial charge >= 0.3 is 0 Å². The Morgan fingerprint density at radius 2 is 2.11 bits per heavy atom. The third-order valence-electron chi connectivity index (χ3n) is 4.23. The predicted octanol–water partition coefficient (Wildman–Crippen LogP) is 1.10. The quantitative estimate of drug-likeness (QED) is 0.777. The van der Waals surface area contributed by atoms with Gasteiger partial charge in [-0.15, -0.1) is 6.58 Å². The van der Waals surface area contributed by atoms with Crippen LogP contribution in [0.4, 0.5) is 0 Å². The number of hydrogen-bond donors (Lipinski definition) is 1. The van der Waals surface area contributed by atoms with Crippen molar-refractivity contribution < 1.29 is 24.1 Å². The molecule has 2 aliphatic heterocycles. The van der Waals surface area contributed by atoms with Crippen LogP contribution in [0.25, 0.3) is 0 Å². The highest BCUT2D eigenvalue weighted by Gasteiger charge is 2.54. The Labute approximate surface area is 114 Å². The third-order valence-corrected chi connectivity index (χ3v) is 4.23. The number of methoxy groups -OCH3 is 1. The molecule has 0 aliphatic carbocycles. The van der Waals surface area contributed by atoms with Gasteiger partial charge in [0.2, 0.25) is 0 Å². The minimum atomic E-state index is -0.361. The Hall–Kier alpha value is -0.460. The lowest BCUT2D eigenvalue weighted by Gasteiger charge is -2.53. The predicted molar refractivity (Wildman–Crippen MR) is 69.8 cm³/mol. The highest BCUT2D eigenvalue weighted by Crippen LogP contribution is 2.43. The molecular weight excluding hydrogens is 248 g/mol. The van der Waals surface area contributed by atoms with Gasteiger partial charge in [-0.05, 0) is 6.42 Å². The molecule has 0 saturated carbocycles. The van der Waals surface area contributed by atoms with Crippen LogP contribution in [0.1, 0.15) is 20.3 Å². The third kappa shape index (κ3) is 2.58. The van der Waals surface area contributed by atoms with E-state index >= 15 is 0 Å². The van der Waals surface area contributed by atoms with Gasteiger partial charge in [-0.3, -0.25) is 0 Å². The van der Waals surface area contributed by atoms with Crippen LogP contribution in [0, 0.1) is 5.41 Å². The van der Waals surface area contributed by atoms with Crippen LogP contribution in [0.15, 0.2) is 12.7 Å². The van der Waals surface area contributed by atoms with E-state index in [2.05, 4.69) is 20.4 Å². The average Bonchev–Trinajstić information content (AvgIpc) is 2.39. The Bertz CT molecular complexity index is 317. The molecule has 5 heteroatoms. The first-order chi connectivity index (χ1) is 9.06. The van der Waals surface area contributed by atoms with Gasteiger partial charge in [-0.2, -0.15) is 0 Å². The summed E-state index contributed by atoms with van der Waals surface area (Å²) in [6.07, 6.45) is 1.56. The van der Waals surface area contributed by atoms with Gasteiger partial charge in [0.15, 0.2) is 0 Å². The van der Waals surface area contributed by atoms with Gasteiger partial charge in [-0.1, -0.05) is 19.9 Å². The SMILES string of the molecule is C=CC[C@H]1O[C@H]2[C@H](OCO[C@@H]2CO)[C@@H](OC)C1(C)C. The standard InChI is InChI=1S/C14H24O5/c1-5-6-10-14(2,3)13(16-4)12-11(19-10)9(7-15)17-8-18-12/h5,9-13,15H,1,6-8H2,2-4H3/t9-,10-,11-,12+,13-/m1/s1. The molecule has 2 aliphatic rings. The van der Waals surface area contributed by atoms with Gasteiger partial charge < -0.3 is 24.1 Å². The summed E-state index contributed by atoms with van der Waals surface area (Å²) in [6.45, 7) is 8.08. The first-order valence-electron chi connectivity index (χ1n) is 6.69.